The van der Waals surface area contributed by atoms with E-state index in [1.165, 1.54) is 132 Å². The average Bonchev–Trinajstić information content (AvgIpc) is 4.16. The second-order valence-electron chi connectivity index (χ2n) is 19.8. The molecule has 0 N–H and O–H groups in total. The third-order valence-electron chi connectivity index (χ3n) is 15.8. The minimum Gasteiger partial charge on any atom is -0.309 e. The number of aromatic nitrogens is 2. The molecule has 0 fully saturated rings. The van der Waals surface area contributed by atoms with Crippen molar-refractivity contribution >= 4 is 89.5 Å². The summed E-state index contributed by atoms with van der Waals surface area (Å²) in [5.41, 5.74) is 20.4. The maximum Gasteiger partial charge on any atom is 0.0541 e. The van der Waals surface area contributed by atoms with Crippen LogP contribution in [0.2, 0.25) is 0 Å². The van der Waals surface area contributed by atoms with Crippen LogP contribution in [-0.4, -0.2) is 9.13 Å². The molecule has 15 rings (SSSR count). The molecule has 0 saturated carbocycles. The van der Waals surface area contributed by atoms with Crippen LogP contribution in [0.15, 0.2) is 231 Å². The first kappa shape index (κ1) is 40.0. The summed E-state index contributed by atoms with van der Waals surface area (Å²) < 4.78 is 4.83. The molecule has 71 heavy (non-hydrogen) atoms. The van der Waals surface area contributed by atoms with Crippen LogP contribution in [0.3, 0.4) is 0 Å². The summed E-state index contributed by atoms with van der Waals surface area (Å²) in [6.07, 6.45) is 11.2. The smallest absolute Gasteiger partial charge is 0.0541 e. The van der Waals surface area contributed by atoms with Crippen molar-refractivity contribution in [3.8, 4) is 22.5 Å². The number of hydrogen-bond acceptors (Lipinski definition) is 0. The second kappa shape index (κ2) is 15.5. The molecule has 11 aromatic carbocycles. The van der Waals surface area contributed by atoms with Gasteiger partial charge in [0.15, 0.2) is 0 Å². The number of benzene rings is 11. The van der Waals surface area contributed by atoms with E-state index in [0.717, 1.165) is 12.8 Å². The molecular weight excluding hydrogens is 857 g/mol. The average molecular weight is 903 g/mol. The molecule has 2 nitrogen and oxygen atoms in total. The lowest BCUT2D eigenvalue weighted by Crippen LogP contribution is -2.26. The monoisotopic (exact) mass is 902 g/mol. The highest BCUT2D eigenvalue weighted by Gasteiger charge is 2.47. The Bertz CT molecular complexity index is 4130. The van der Waals surface area contributed by atoms with Crippen LogP contribution in [0.1, 0.15) is 44.5 Å². The molecule has 13 aromatic rings. The molecule has 2 heterocycles. The van der Waals surface area contributed by atoms with Crippen molar-refractivity contribution < 1.29 is 0 Å². The van der Waals surface area contributed by atoms with Crippen molar-refractivity contribution in [1.29, 1.82) is 0 Å². The third-order valence-corrected chi connectivity index (χ3v) is 15.8. The number of para-hydroxylation sites is 2. The normalized spacial score (nSPS) is 13.8. The van der Waals surface area contributed by atoms with E-state index >= 15 is 0 Å². The van der Waals surface area contributed by atoms with E-state index in [0.29, 0.717) is 0 Å². The molecule has 2 aliphatic carbocycles. The summed E-state index contributed by atoms with van der Waals surface area (Å²) in [7, 11) is 0. The number of hydrogen-bond donors (Lipinski definition) is 0. The first-order valence-corrected chi connectivity index (χ1v) is 24.9. The van der Waals surface area contributed by atoms with Gasteiger partial charge < -0.3 is 9.13 Å². The third kappa shape index (κ3) is 6.28. The predicted molar refractivity (Wildman–Crippen MR) is 301 cm³/mol. The molecule has 332 valence electrons. The van der Waals surface area contributed by atoms with Gasteiger partial charge in [-0.3, -0.25) is 0 Å². The molecule has 2 aliphatic rings. The molecule has 0 radical (unpaired) electrons. The molecule has 0 saturated heterocycles. The summed E-state index contributed by atoms with van der Waals surface area (Å²) in [6, 6.07) is 85.7. The second-order valence-corrected chi connectivity index (χ2v) is 19.8. The topological polar surface area (TPSA) is 9.86 Å². The SMILES string of the molecule is C(=Cc1ccc2c(c1)c1ccccc1n2-c1ccc2ccccc2c1)c1ccc2c(c1)C1(Cc3ccccc3C1)c1cc(C=Cc3ccc4c(c3)c3ccccc3n4-c3ccc4ccccc4c3)ccc1-2. The van der Waals surface area contributed by atoms with Gasteiger partial charge in [-0.25, -0.2) is 0 Å². The summed E-state index contributed by atoms with van der Waals surface area (Å²) in [4.78, 5) is 0. The van der Waals surface area contributed by atoms with E-state index in [1.807, 2.05) is 0 Å². The first-order valence-electron chi connectivity index (χ1n) is 24.9. The summed E-state index contributed by atoms with van der Waals surface area (Å²) in [5, 5.41) is 10.1. The van der Waals surface area contributed by atoms with Gasteiger partial charge in [0.05, 0.1) is 22.1 Å². The molecule has 2 aromatic heterocycles. The van der Waals surface area contributed by atoms with E-state index < -0.39 is 0 Å². The van der Waals surface area contributed by atoms with Crippen molar-refractivity contribution in [2.45, 2.75) is 18.3 Å². The van der Waals surface area contributed by atoms with Crippen LogP contribution in [0.25, 0.3) is 112 Å². The Hall–Kier alpha value is -8.98. The fourth-order valence-electron chi connectivity index (χ4n) is 12.5. The van der Waals surface area contributed by atoms with Gasteiger partial charge in [-0.2, -0.15) is 0 Å². The highest BCUT2D eigenvalue weighted by Crippen LogP contribution is 2.56. The first-order chi connectivity index (χ1) is 35.1. The van der Waals surface area contributed by atoms with Gasteiger partial charge in [0.25, 0.3) is 0 Å². The molecule has 0 aliphatic heterocycles. The minimum atomic E-state index is -0.130. The van der Waals surface area contributed by atoms with Gasteiger partial charge in [-0.05, 0) is 151 Å². The zero-order valence-electron chi connectivity index (χ0n) is 39.1. The van der Waals surface area contributed by atoms with Crippen molar-refractivity contribution in [3.05, 3.63) is 275 Å². The highest BCUT2D eigenvalue weighted by atomic mass is 15.0. The van der Waals surface area contributed by atoms with Crippen LogP contribution in [0.5, 0.6) is 0 Å². The van der Waals surface area contributed by atoms with Crippen molar-refractivity contribution in [3.63, 3.8) is 0 Å². The molecule has 0 unspecified atom stereocenters. The van der Waals surface area contributed by atoms with Gasteiger partial charge in [0.1, 0.15) is 0 Å². The summed E-state index contributed by atoms with van der Waals surface area (Å²) in [5.74, 6) is 0. The fourth-order valence-corrected chi connectivity index (χ4v) is 12.5. The van der Waals surface area contributed by atoms with Crippen LogP contribution < -0.4 is 0 Å². The Morgan fingerprint density at radius 3 is 1.15 bits per heavy atom. The van der Waals surface area contributed by atoms with Crippen molar-refractivity contribution in [1.82, 2.24) is 9.13 Å². The van der Waals surface area contributed by atoms with E-state index in [-0.39, 0.29) is 5.41 Å². The van der Waals surface area contributed by atoms with E-state index in [1.54, 1.807) is 0 Å². The molecule has 0 atom stereocenters. The van der Waals surface area contributed by atoms with E-state index in [2.05, 4.69) is 264 Å². The minimum absolute atomic E-state index is 0.130. The summed E-state index contributed by atoms with van der Waals surface area (Å²) >= 11 is 0. The van der Waals surface area contributed by atoms with Gasteiger partial charge in [0.2, 0.25) is 0 Å². The van der Waals surface area contributed by atoms with Crippen molar-refractivity contribution in [2.75, 3.05) is 0 Å². The van der Waals surface area contributed by atoms with Gasteiger partial charge in [-0.1, -0.05) is 194 Å². The quantitative estimate of drug-likeness (QED) is 0.147. The lowest BCUT2D eigenvalue weighted by molar-refractivity contribution is 0.563. The Balaban J connectivity index is 0.771. The van der Waals surface area contributed by atoms with Gasteiger partial charge in [0, 0.05) is 38.3 Å². The van der Waals surface area contributed by atoms with Crippen LogP contribution in [0.4, 0.5) is 0 Å². The van der Waals surface area contributed by atoms with Crippen LogP contribution >= 0.6 is 0 Å². The number of fused-ring (bicyclic) bond motifs is 14. The highest BCUT2D eigenvalue weighted by molar-refractivity contribution is 6.11. The Kier molecular flexibility index (Phi) is 8.73. The maximum atomic E-state index is 2.49. The number of rotatable bonds is 6. The Morgan fingerprint density at radius 2 is 0.676 bits per heavy atom. The fraction of sp³-hybridized carbons (Fsp3) is 0.0435. The standard InChI is InChI=1S/C69H46N2/c1-3-13-51-41-55(31-29-49(51)11-1)70-65-19-9-7-17-59(65)61-37-45(27-35-67(61)70)21-23-47-25-33-57-58-34-26-48(40-64(58)69(63(57)39-47)43-53-15-5-6-16-54(53)44-69)24-22-46-28-36-68-62(38-46)60-18-8-10-20-66(60)71(68)56-32-30-50-12-2-4-14-52(50)42-56/h1-42H,43-44H2. The van der Waals surface area contributed by atoms with Crippen LogP contribution in [-0.2, 0) is 18.3 Å². The van der Waals surface area contributed by atoms with Gasteiger partial charge in [-0.15, -0.1) is 0 Å². The van der Waals surface area contributed by atoms with Crippen LogP contribution in [0, 0.1) is 0 Å². The largest absolute Gasteiger partial charge is 0.309 e. The molecular formula is C69H46N2. The zero-order chi connectivity index (χ0) is 46.6. The molecule has 1 spiro atoms. The zero-order valence-corrected chi connectivity index (χ0v) is 39.1. The predicted octanol–water partition coefficient (Wildman–Crippen LogP) is 17.6. The van der Waals surface area contributed by atoms with Gasteiger partial charge >= 0.3 is 0 Å². The summed E-state index contributed by atoms with van der Waals surface area (Å²) in [6.45, 7) is 0. The van der Waals surface area contributed by atoms with E-state index in [4.69, 9.17) is 0 Å². The molecule has 2 heteroatoms. The maximum absolute atomic E-state index is 2.49. The lowest BCUT2D eigenvalue weighted by Gasteiger charge is -2.27. The molecule has 0 bridgehead atoms. The van der Waals surface area contributed by atoms with E-state index in [9.17, 15) is 0 Å². The number of nitrogens with zero attached hydrogens (tertiary/aromatic N) is 2. The van der Waals surface area contributed by atoms with Crippen molar-refractivity contribution in [2.24, 2.45) is 0 Å². The Morgan fingerprint density at radius 1 is 0.296 bits per heavy atom. The lowest BCUT2D eigenvalue weighted by atomic mass is 9.75. The Labute approximate surface area is 412 Å². The molecule has 0 amide bonds.